The Kier molecular flexibility index (Phi) is 4.24. The first-order chi connectivity index (χ1) is 11.2. The Labute approximate surface area is 144 Å². The molecule has 0 aromatic heterocycles. The number of ether oxygens (including phenoxy) is 2. The van der Waals surface area contributed by atoms with Gasteiger partial charge in [-0.2, -0.15) is 0 Å². The number of hydrogen-bond donors (Lipinski definition) is 1. The predicted molar refractivity (Wildman–Crippen MR) is 93.3 cm³/mol. The molecular weight excluding hydrogens is 304 g/mol. The van der Waals surface area contributed by atoms with Crippen LogP contribution in [0.25, 0.3) is 0 Å². The average molecular weight is 332 g/mol. The van der Waals surface area contributed by atoms with Crippen LogP contribution < -0.4 is 10.5 Å². The van der Waals surface area contributed by atoms with E-state index in [2.05, 4.69) is 12.1 Å². The molecule has 1 fully saturated rings. The first kappa shape index (κ1) is 17.1. The molecule has 5 heteroatoms. The zero-order chi connectivity index (χ0) is 17.5. The van der Waals surface area contributed by atoms with Crippen molar-refractivity contribution in [2.75, 3.05) is 20.2 Å². The van der Waals surface area contributed by atoms with E-state index >= 15 is 0 Å². The normalized spacial score (nSPS) is 22.4. The van der Waals surface area contributed by atoms with Crippen molar-refractivity contribution in [1.82, 2.24) is 4.90 Å². The molecule has 0 bridgehead atoms. The zero-order valence-electron chi connectivity index (χ0n) is 15.1. The molecule has 1 aliphatic carbocycles. The minimum Gasteiger partial charge on any atom is -0.497 e. The Morgan fingerprint density at radius 3 is 2.54 bits per heavy atom. The molecule has 1 aromatic carbocycles. The topological polar surface area (TPSA) is 64.8 Å². The second kappa shape index (κ2) is 5.96. The second-order valence-electron chi connectivity index (χ2n) is 8.01. The van der Waals surface area contributed by atoms with Crippen LogP contribution in [-0.2, 0) is 10.2 Å². The van der Waals surface area contributed by atoms with E-state index in [9.17, 15) is 4.79 Å². The van der Waals surface area contributed by atoms with Crippen LogP contribution in [0.4, 0.5) is 4.79 Å². The molecule has 0 radical (unpaired) electrons. The fraction of sp³-hybridized carbons (Fsp3) is 0.632. The number of hydrogen-bond acceptors (Lipinski definition) is 4. The fourth-order valence-electron chi connectivity index (χ4n) is 4.00. The number of fused-ring (bicyclic) bond motifs is 2. The highest BCUT2D eigenvalue weighted by molar-refractivity contribution is 5.68. The summed E-state index contributed by atoms with van der Waals surface area (Å²) in [5.41, 5.74) is 8.50. The summed E-state index contributed by atoms with van der Waals surface area (Å²) in [6, 6.07) is 6.27. The van der Waals surface area contributed by atoms with Crippen molar-refractivity contribution in [3.63, 3.8) is 0 Å². The lowest BCUT2D eigenvalue weighted by Crippen LogP contribution is -2.46. The molecule has 24 heavy (non-hydrogen) atoms. The molecule has 1 atom stereocenters. The number of rotatable bonds is 1. The molecule has 3 rings (SSSR count). The molecule has 5 nitrogen and oxygen atoms in total. The first-order valence-electron chi connectivity index (χ1n) is 8.66. The summed E-state index contributed by atoms with van der Waals surface area (Å²) < 4.78 is 10.9. The van der Waals surface area contributed by atoms with Crippen molar-refractivity contribution in [2.24, 2.45) is 5.73 Å². The SMILES string of the molecule is COc1ccc2c(c1)C1(CCN(C(=O)OC(C)(C)C)CC1)CC2N. The third-order valence-electron chi connectivity index (χ3n) is 5.21. The van der Waals surface area contributed by atoms with Gasteiger partial charge in [0.2, 0.25) is 0 Å². The first-order valence-corrected chi connectivity index (χ1v) is 8.66. The van der Waals surface area contributed by atoms with Gasteiger partial charge in [0.15, 0.2) is 0 Å². The molecule has 1 amide bonds. The van der Waals surface area contributed by atoms with Crippen molar-refractivity contribution in [2.45, 2.75) is 57.1 Å². The average Bonchev–Trinajstić information content (AvgIpc) is 2.78. The van der Waals surface area contributed by atoms with Crippen molar-refractivity contribution >= 4 is 6.09 Å². The zero-order valence-corrected chi connectivity index (χ0v) is 15.1. The molecule has 2 N–H and O–H groups in total. The van der Waals surface area contributed by atoms with E-state index in [1.54, 1.807) is 7.11 Å². The Hall–Kier alpha value is -1.75. The summed E-state index contributed by atoms with van der Waals surface area (Å²) in [7, 11) is 1.69. The number of piperidine rings is 1. The van der Waals surface area contributed by atoms with Crippen molar-refractivity contribution < 1.29 is 14.3 Å². The summed E-state index contributed by atoms with van der Waals surface area (Å²) in [6.07, 6.45) is 2.56. The maximum Gasteiger partial charge on any atom is 0.410 e. The van der Waals surface area contributed by atoms with Crippen LogP contribution in [0.2, 0.25) is 0 Å². The van der Waals surface area contributed by atoms with Gasteiger partial charge >= 0.3 is 6.09 Å². The Balaban J connectivity index is 1.76. The number of likely N-dealkylation sites (tertiary alicyclic amines) is 1. The van der Waals surface area contributed by atoms with E-state index in [-0.39, 0.29) is 17.6 Å². The third kappa shape index (κ3) is 3.09. The van der Waals surface area contributed by atoms with Gasteiger partial charge in [-0.25, -0.2) is 4.79 Å². The van der Waals surface area contributed by atoms with Gasteiger partial charge in [0.1, 0.15) is 11.4 Å². The predicted octanol–water partition coefficient (Wildman–Crippen LogP) is 3.37. The van der Waals surface area contributed by atoms with E-state index in [4.69, 9.17) is 15.2 Å². The molecule has 1 heterocycles. The van der Waals surface area contributed by atoms with E-state index in [0.29, 0.717) is 13.1 Å². The fourth-order valence-corrected chi connectivity index (χ4v) is 4.00. The minimum atomic E-state index is -0.456. The van der Waals surface area contributed by atoms with Gasteiger partial charge in [0, 0.05) is 24.5 Å². The van der Waals surface area contributed by atoms with E-state index < -0.39 is 5.60 Å². The summed E-state index contributed by atoms with van der Waals surface area (Å²) in [5, 5.41) is 0. The number of nitrogens with zero attached hydrogens (tertiary/aromatic N) is 1. The minimum absolute atomic E-state index is 0.0573. The van der Waals surface area contributed by atoms with Crippen molar-refractivity contribution in [3.05, 3.63) is 29.3 Å². The van der Waals surface area contributed by atoms with Crippen LogP contribution in [0.5, 0.6) is 5.75 Å². The van der Waals surface area contributed by atoms with Crippen LogP contribution in [0.3, 0.4) is 0 Å². The lowest BCUT2D eigenvalue weighted by molar-refractivity contribution is 0.0162. The van der Waals surface area contributed by atoms with E-state index in [1.165, 1.54) is 11.1 Å². The van der Waals surface area contributed by atoms with Gasteiger partial charge in [-0.1, -0.05) is 6.07 Å². The van der Waals surface area contributed by atoms with Gasteiger partial charge in [0.05, 0.1) is 7.11 Å². The lowest BCUT2D eigenvalue weighted by atomic mass is 9.73. The summed E-state index contributed by atoms with van der Waals surface area (Å²) in [5.74, 6) is 0.872. The highest BCUT2D eigenvalue weighted by Gasteiger charge is 2.45. The summed E-state index contributed by atoms with van der Waals surface area (Å²) >= 11 is 0. The number of nitrogens with two attached hydrogens (primary N) is 1. The molecule has 1 spiro atoms. The maximum absolute atomic E-state index is 12.3. The van der Waals surface area contributed by atoms with E-state index in [0.717, 1.165) is 25.0 Å². The third-order valence-corrected chi connectivity index (χ3v) is 5.21. The van der Waals surface area contributed by atoms with Gasteiger partial charge < -0.3 is 20.1 Å². The number of benzene rings is 1. The van der Waals surface area contributed by atoms with Crippen LogP contribution in [-0.4, -0.2) is 36.8 Å². The molecule has 1 unspecified atom stereocenters. The summed E-state index contributed by atoms with van der Waals surface area (Å²) in [6.45, 7) is 7.11. The van der Waals surface area contributed by atoms with Crippen LogP contribution in [0, 0.1) is 0 Å². The lowest BCUT2D eigenvalue weighted by Gasteiger charge is -2.40. The van der Waals surface area contributed by atoms with Crippen molar-refractivity contribution in [1.29, 1.82) is 0 Å². The summed E-state index contributed by atoms with van der Waals surface area (Å²) in [4.78, 5) is 14.1. The molecule has 0 saturated carbocycles. The number of methoxy groups -OCH3 is 1. The quantitative estimate of drug-likeness (QED) is 0.856. The maximum atomic E-state index is 12.3. The number of carbonyl (C=O) groups excluding carboxylic acids is 1. The van der Waals surface area contributed by atoms with Crippen LogP contribution >= 0.6 is 0 Å². The van der Waals surface area contributed by atoms with Gasteiger partial charge in [-0.05, 0) is 63.3 Å². The highest BCUT2D eigenvalue weighted by Crippen LogP contribution is 2.50. The Morgan fingerprint density at radius 2 is 1.96 bits per heavy atom. The van der Waals surface area contributed by atoms with Crippen LogP contribution in [0.1, 0.15) is 57.2 Å². The largest absolute Gasteiger partial charge is 0.497 e. The standard InChI is InChI=1S/C19H28N2O3/c1-18(2,3)24-17(22)21-9-7-19(8-10-21)12-16(20)14-6-5-13(23-4)11-15(14)19/h5-6,11,16H,7-10,12,20H2,1-4H3. The van der Waals surface area contributed by atoms with Gasteiger partial charge in [-0.3, -0.25) is 0 Å². The molecule has 1 saturated heterocycles. The Morgan fingerprint density at radius 1 is 1.29 bits per heavy atom. The molecule has 2 aliphatic rings. The molecule has 1 aliphatic heterocycles. The smallest absolute Gasteiger partial charge is 0.410 e. The van der Waals surface area contributed by atoms with Gasteiger partial charge in [0.25, 0.3) is 0 Å². The Bertz CT molecular complexity index is 628. The highest BCUT2D eigenvalue weighted by atomic mass is 16.6. The molecule has 132 valence electrons. The van der Waals surface area contributed by atoms with E-state index in [1.807, 2.05) is 31.7 Å². The number of carbonyl (C=O) groups is 1. The molecule has 1 aromatic rings. The number of amides is 1. The molecular formula is C19H28N2O3. The van der Waals surface area contributed by atoms with Crippen molar-refractivity contribution in [3.8, 4) is 5.75 Å². The van der Waals surface area contributed by atoms with Crippen LogP contribution in [0.15, 0.2) is 18.2 Å². The van der Waals surface area contributed by atoms with Gasteiger partial charge in [-0.15, -0.1) is 0 Å². The monoisotopic (exact) mass is 332 g/mol. The second-order valence-corrected chi connectivity index (χ2v) is 8.01.